The van der Waals surface area contributed by atoms with Crippen LogP contribution in [-0.2, 0) is 11.3 Å². The molecule has 0 heterocycles. The summed E-state index contributed by atoms with van der Waals surface area (Å²) in [6.07, 6.45) is 4.36. The van der Waals surface area contributed by atoms with Gasteiger partial charge >= 0.3 is 6.16 Å². The van der Waals surface area contributed by atoms with E-state index < -0.39 is 11.1 Å². The average Bonchev–Trinajstić information content (AvgIpc) is 2.79. The highest BCUT2D eigenvalue weighted by atomic mass is 16.7. The SMILES string of the molecule is COc1cc(CNC(=O)CCCCCCC(C)C)ccc1-c1cc([N+](=O)[O-])ccc1OC(=O)O. The number of nitrogens with zero attached hydrogens (tertiary/aromatic N) is 1. The first-order valence-corrected chi connectivity index (χ1v) is 11.3. The number of benzene rings is 2. The van der Waals surface area contributed by atoms with Crippen LogP contribution < -0.4 is 14.8 Å². The molecule has 2 aromatic rings. The number of unbranched alkanes of at least 4 members (excludes halogenated alkanes) is 3. The van der Waals surface area contributed by atoms with Crippen molar-refractivity contribution in [2.24, 2.45) is 5.92 Å². The Morgan fingerprint density at radius 3 is 2.41 bits per heavy atom. The molecule has 9 nitrogen and oxygen atoms in total. The van der Waals surface area contributed by atoms with Gasteiger partial charge in [-0.15, -0.1) is 0 Å². The van der Waals surface area contributed by atoms with E-state index in [1.54, 1.807) is 18.2 Å². The predicted molar refractivity (Wildman–Crippen MR) is 128 cm³/mol. The lowest BCUT2D eigenvalue weighted by Gasteiger charge is -2.14. The largest absolute Gasteiger partial charge is 0.511 e. The second-order valence-corrected chi connectivity index (χ2v) is 8.46. The fourth-order valence-corrected chi connectivity index (χ4v) is 3.57. The Morgan fingerprint density at radius 1 is 1.03 bits per heavy atom. The van der Waals surface area contributed by atoms with Crippen LogP contribution in [0.2, 0.25) is 0 Å². The van der Waals surface area contributed by atoms with E-state index in [4.69, 9.17) is 14.6 Å². The van der Waals surface area contributed by atoms with E-state index in [0.717, 1.165) is 24.8 Å². The van der Waals surface area contributed by atoms with Crippen LogP contribution in [0.5, 0.6) is 11.5 Å². The normalized spacial score (nSPS) is 10.7. The third kappa shape index (κ3) is 8.38. The number of ether oxygens (including phenoxy) is 2. The molecule has 0 radical (unpaired) electrons. The van der Waals surface area contributed by atoms with Crippen LogP contribution in [0.1, 0.15) is 57.9 Å². The third-order valence-electron chi connectivity index (χ3n) is 5.35. The van der Waals surface area contributed by atoms with Crippen molar-refractivity contribution in [3.8, 4) is 22.6 Å². The quantitative estimate of drug-likeness (QED) is 0.121. The Morgan fingerprint density at radius 2 is 1.76 bits per heavy atom. The standard InChI is InChI=1S/C25H32N2O7/c1-17(2)8-6-4-5-7-9-24(28)26-16-18-10-12-20(23(14-18)33-3)21-15-19(27(31)32)11-13-22(21)34-25(29)30/h10-15,17H,4-9,16H2,1-3H3,(H,26,28)(H,29,30). The van der Waals surface area contributed by atoms with Crippen molar-refractivity contribution in [2.45, 2.75) is 58.9 Å². The van der Waals surface area contributed by atoms with Gasteiger partial charge in [0.1, 0.15) is 11.5 Å². The van der Waals surface area contributed by atoms with Gasteiger partial charge in [-0.05, 0) is 30.0 Å². The zero-order valence-corrected chi connectivity index (χ0v) is 19.8. The molecule has 0 saturated carbocycles. The molecule has 0 fully saturated rings. The van der Waals surface area contributed by atoms with E-state index in [2.05, 4.69) is 19.2 Å². The van der Waals surface area contributed by atoms with Crippen molar-refractivity contribution in [1.82, 2.24) is 5.32 Å². The molecule has 0 saturated heterocycles. The molecule has 9 heteroatoms. The molecule has 1 amide bonds. The van der Waals surface area contributed by atoms with Crippen LogP contribution in [0.25, 0.3) is 11.1 Å². The molecule has 0 bridgehead atoms. The number of rotatable bonds is 13. The van der Waals surface area contributed by atoms with Gasteiger partial charge in [0, 0.05) is 36.2 Å². The van der Waals surface area contributed by atoms with Gasteiger partial charge in [0.2, 0.25) is 5.91 Å². The summed E-state index contributed by atoms with van der Waals surface area (Å²) in [4.78, 5) is 33.9. The fourth-order valence-electron chi connectivity index (χ4n) is 3.57. The van der Waals surface area contributed by atoms with Crippen LogP contribution in [0, 0.1) is 16.0 Å². The molecule has 0 aliphatic heterocycles. The summed E-state index contributed by atoms with van der Waals surface area (Å²) in [6, 6.07) is 8.74. The molecule has 184 valence electrons. The van der Waals surface area contributed by atoms with Crippen molar-refractivity contribution in [2.75, 3.05) is 7.11 Å². The van der Waals surface area contributed by atoms with Crippen molar-refractivity contribution < 1.29 is 29.1 Å². The Bertz CT molecular complexity index is 1000. The monoisotopic (exact) mass is 472 g/mol. The first-order valence-electron chi connectivity index (χ1n) is 11.3. The zero-order valence-electron chi connectivity index (χ0n) is 19.8. The van der Waals surface area contributed by atoms with Crippen molar-refractivity contribution in [3.63, 3.8) is 0 Å². The number of nitro benzene ring substituents is 1. The highest BCUT2D eigenvalue weighted by Gasteiger charge is 2.19. The van der Waals surface area contributed by atoms with Crippen LogP contribution in [0.3, 0.4) is 0 Å². The van der Waals surface area contributed by atoms with Crippen molar-refractivity contribution in [3.05, 3.63) is 52.1 Å². The van der Waals surface area contributed by atoms with Crippen LogP contribution >= 0.6 is 0 Å². The minimum absolute atomic E-state index is 0.0252. The Kier molecular flexibility index (Phi) is 10.3. The molecule has 0 atom stereocenters. The Hall–Kier alpha value is -3.62. The van der Waals surface area contributed by atoms with Crippen LogP contribution in [0.4, 0.5) is 10.5 Å². The molecule has 2 N–H and O–H groups in total. The first-order chi connectivity index (χ1) is 16.2. The summed E-state index contributed by atoms with van der Waals surface area (Å²) >= 11 is 0. The van der Waals surface area contributed by atoms with Gasteiger partial charge in [-0.25, -0.2) is 4.79 Å². The number of non-ortho nitro benzene ring substituents is 1. The van der Waals surface area contributed by atoms with Gasteiger partial charge in [-0.3, -0.25) is 14.9 Å². The molecule has 0 aliphatic rings. The van der Waals surface area contributed by atoms with E-state index >= 15 is 0 Å². The minimum atomic E-state index is -1.53. The number of carbonyl (C=O) groups is 2. The smallest absolute Gasteiger partial charge is 0.496 e. The molecular formula is C25H32N2O7. The number of hydrogen-bond donors (Lipinski definition) is 2. The van der Waals surface area contributed by atoms with E-state index in [0.29, 0.717) is 30.2 Å². The van der Waals surface area contributed by atoms with Gasteiger partial charge in [-0.1, -0.05) is 51.7 Å². The minimum Gasteiger partial charge on any atom is -0.496 e. The highest BCUT2D eigenvalue weighted by Crippen LogP contribution is 2.39. The molecule has 0 aromatic heterocycles. The topological polar surface area (TPSA) is 128 Å². The molecule has 34 heavy (non-hydrogen) atoms. The van der Waals surface area contributed by atoms with Crippen LogP contribution in [-0.4, -0.2) is 29.2 Å². The summed E-state index contributed by atoms with van der Waals surface area (Å²) in [5.74, 6) is 1.00. The van der Waals surface area contributed by atoms with Gasteiger partial charge in [0.15, 0.2) is 0 Å². The van der Waals surface area contributed by atoms with E-state index in [9.17, 15) is 19.7 Å². The molecule has 0 spiro atoms. The van der Waals surface area contributed by atoms with E-state index in [1.165, 1.54) is 38.2 Å². The van der Waals surface area contributed by atoms with E-state index in [1.807, 2.05) is 0 Å². The Labute approximate surface area is 199 Å². The molecular weight excluding hydrogens is 440 g/mol. The van der Waals surface area contributed by atoms with Gasteiger partial charge in [-0.2, -0.15) is 0 Å². The summed E-state index contributed by atoms with van der Waals surface area (Å²) in [5, 5.41) is 23.1. The highest BCUT2D eigenvalue weighted by molar-refractivity contribution is 5.80. The van der Waals surface area contributed by atoms with E-state index in [-0.39, 0.29) is 22.9 Å². The molecule has 0 aliphatic carbocycles. The van der Waals surface area contributed by atoms with Crippen molar-refractivity contribution >= 4 is 17.7 Å². The lowest BCUT2D eigenvalue weighted by atomic mass is 10.0. The van der Waals surface area contributed by atoms with Crippen molar-refractivity contribution in [1.29, 1.82) is 0 Å². The number of carbonyl (C=O) groups excluding carboxylic acids is 1. The molecule has 2 rings (SSSR count). The maximum atomic E-state index is 12.2. The summed E-state index contributed by atoms with van der Waals surface area (Å²) in [5.41, 5.74) is 1.20. The first kappa shape index (κ1) is 26.6. The number of carboxylic acid groups (broad SMARTS) is 1. The van der Waals surface area contributed by atoms with Gasteiger partial charge in [0.25, 0.3) is 5.69 Å². The lowest BCUT2D eigenvalue weighted by Crippen LogP contribution is -2.22. The summed E-state index contributed by atoms with van der Waals surface area (Å²) in [7, 11) is 1.44. The summed E-state index contributed by atoms with van der Waals surface area (Å²) in [6.45, 7) is 4.72. The second-order valence-electron chi connectivity index (χ2n) is 8.46. The number of nitro groups is 1. The fraction of sp³-hybridized carbons (Fsp3) is 0.440. The molecule has 0 unspecified atom stereocenters. The molecule has 2 aromatic carbocycles. The maximum Gasteiger partial charge on any atom is 0.511 e. The summed E-state index contributed by atoms with van der Waals surface area (Å²) < 4.78 is 10.2. The van der Waals surface area contributed by atoms with Crippen LogP contribution in [0.15, 0.2) is 36.4 Å². The second kappa shape index (κ2) is 13.2. The predicted octanol–water partition coefficient (Wildman–Crippen LogP) is 5.94. The number of methoxy groups -OCH3 is 1. The number of amides is 1. The number of hydrogen-bond acceptors (Lipinski definition) is 6. The lowest BCUT2D eigenvalue weighted by molar-refractivity contribution is -0.384. The Balaban J connectivity index is 2.06. The average molecular weight is 473 g/mol. The van der Waals surface area contributed by atoms with Gasteiger partial charge in [0.05, 0.1) is 12.0 Å². The maximum absolute atomic E-state index is 12.2. The third-order valence-corrected chi connectivity index (χ3v) is 5.35. The van der Waals surface area contributed by atoms with Gasteiger partial charge < -0.3 is 19.9 Å². The zero-order chi connectivity index (χ0) is 25.1. The number of nitrogens with one attached hydrogen (secondary N) is 1.